The van der Waals surface area contributed by atoms with Crippen LogP contribution in [0.5, 0.6) is 0 Å². The number of nitrogens with one attached hydrogen (secondary N) is 1. The van der Waals surface area contributed by atoms with E-state index in [1.54, 1.807) is 0 Å². The molecule has 1 rings (SSSR count). The molecular weight excluding hydrogens is 204 g/mol. The number of thioether (sulfide) groups is 1. The van der Waals surface area contributed by atoms with Gasteiger partial charge in [0.1, 0.15) is 0 Å². The van der Waals surface area contributed by atoms with Gasteiger partial charge in [-0.2, -0.15) is 11.8 Å². The van der Waals surface area contributed by atoms with Crippen LogP contribution in [-0.2, 0) is 0 Å². The van der Waals surface area contributed by atoms with E-state index in [1.165, 1.54) is 22.9 Å². The van der Waals surface area contributed by atoms with Crippen LogP contribution >= 0.6 is 11.8 Å². The van der Waals surface area contributed by atoms with Gasteiger partial charge in [0, 0.05) is 37.8 Å². The standard InChI is InChI=1S/C12H20N2S/c1-4-15-9-8-13-11-6-5-7-12(10-11)14(2)3/h5-7,10,13H,4,8-9H2,1-3H3. The Hall–Kier alpha value is -0.830. The summed E-state index contributed by atoms with van der Waals surface area (Å²) in [7, 11) is 4.12. The molecule has 0 saturated carbocycles. The lowest BCUT2D eigenvalue weighted by Crippen LogP contribution is -2.09. The lowest BCUT2D eigenvalue weighted by atomic mass is 10.2. The highest BCUT2D eigenvalue weighted by molar-refractivity contribution is 7.99. The van der Waals surface area contributed by atoms with Gasteiger partial charge in [0.05, 0.1) is 0 Å². The molecule has 0 atom stereocenters. The minimum atomic E-state index is 1.04. The number of hydrogen-bond donors (Lipinski definition) is 1. The summed E-state index contributed by atoms with van der Waals surface area (Å²) in [4.78, 5) is 2.12. The molecule has 0 bridgehead atoms. The smallest absolute Gasteiger partial charge is 0.0381 e. The average Bonchev–Trinajstić information content (AvgIpc) is 2.25. The summed E-state index contributed by atoms with van der Waals surface area (Å²) in [6.45, 7) is 3.23. The van der Waals surface area contributed by atoms with Gasteiger partial charge in [-0.25, -0.2) is 0 Å². The van der Waals surface area contributed by atoms with E-state index >= 15 is 0 Å². The van der Waals surface area contributed by atoms with E-state index in [0.29, 0.717) is 0 Å². The van der Waals surface area contributed by atoms with Gasteiger partial charge in [-0.1, -0.05) is 13.0 Å². The minimum absolute atomic E-state index is 1.04. The Morgan fingerprint density at radius 2 is 2.13 bits per heavy atom. The van der Waals surface area contributed by atoms with Crippen LogP contribution in [0.1, 0.15) is 6.92 Å². The van der Waals surface area contributed by atoms with Crippen molar-refractivity contribution < 1.29 is 0 Å². The molecule has 0 fully saturated rings. The Balaban J connectivity index is 2.43. The van der Waals surface area contributed by atoms with E-state index < -0.39 is 0 Å². The number of rotatable bonds is 6. The summed E-state index contributed by atoms with van der Waals surface area (Å²) >= 11 is 1.96. The molecule has 0 spiro atoms. The third kappa shape index (κ3) is 4.47. The second-order valence-electron chi connectivity index (χ2n) is 3.57. The molecule has 3 heteroatoms. The van der Waals surface area contributed by atoms with Crippen molar-refractivity contribution >= 4 is 23.1 Å². The van der Waals surface area contributed by atoms with Crippen molar-refractivity contribution in [3.63, 3.8) is 0 Å². The largest absolute Gasteiger partial charge is 0.384 e. The molecule has 1 aromatic carbocycles. The Bertz CT molecular complexity index is 287. The maximum absolute atomic E-state index is 3.43. The zero-order valence-corrected chi connectivity index (χ0v) is 10.6. The van der Waals surface area contributed by atoms with Crippen molar-refractivity contribution in [3.05, 3.63) is 24.3 Å². The van der Waals surface area contributed by atoms with Crippen LogP contribution in [0.15, 0.2) is 24.3 Å². The summed E-state index contributed by atoms with van der Waals surface area (Å²) in [6.07, 6.45) is 0. The van der Waals surface area contributed by atoms with Crippen molar-refractivity contribution in [1.82, 2.24) is 0 Å². The Morgan fingerprint density at radius 1 is 1.33 bits per heavy atom. The van der Waals surface area contributed by atoms with Crippen molar-refractivity contribution in [2.24, 2.45) is 0 Å². The first kappa shape index (κ1) is 12.2. The maximum Gasteiger partial charge on any atom is 0.0381 e. The third-order valence-electron chi connectivity index (χ3n) is 2.14. The van der Waals surface area contributed by atoms with Gasteiger partial charge < -0.3 is 10.2 Å². The minimum Gasteiger partial charge on any atom is -0.384 e. The zero-order chi connectivity index (χ0) is 11.1. The molecule has 0 heterocycles. The van der Waals surface area contributed by atoms with Gasteiger partial charge in [0.25, 0.3) is 0 Å². The van der Waals surface area contributed by atoms with Crippen molar-refractivity contribution in [3.8, 4) is 0 Å². The highest BCUT2D eigenvalue weighted by atomic mass is 32.2. The molecule has 84 valence electrons. The normalized spacial score (nSPS) is 10.1. The van der Waals surface area contributed by atoms with Crippen molar-refractivity contribution in [2.75, 3.05) is 42.4 Å². The molecule has 1 N–H and O–H groups in total. The quantitative estimate of drug-likeness (QED) is 0.748. The second kappa shape index (κ2) is 6.62. The molecule has 0 aliphatic carbocycles. The van der Waals surface area contributed by atoms with Gasteiger partial charge in [-0.05, 0) is 24.0 Å². The molecule has 0 amide bonds. The molecule has 15 heavy (non-hydrogen) atoms. The fourth-order valence-electron chi connectivity index (χ4n) is 1.31. The summed E-state index contributed by atoms with van der Waals surface area (Å²) in [5, 5.41) is 3.43. The van der Waals surface area contributed by atoms with Crippen LogP contribution in [0.2, 0.25) is 0 Å². The number of anilines is 2. The van der Waals surface area contributed by atoms with Gasteiger partial charge in [-0.3, -0.25) is 0 Å². The molecule has 0 aliphatic heterocycles. The van der Waals surface area contributed by atoms with E-state index in [4.69, 9.17) is 0 Å². The van der Waals surface area contributed by atoms with Crippen LogP contribution in [0.25, 0.3) is 0 Å². The first-order valence-electron chi connectivity index (χ1n) is 5.33. The van der Waals surface area contributed by atoms with E-state index in [0.717, 1.165) is 6.54 Å². The molecule has 0 saturated heterocycles. The molecule has 0 unspecified atom stereocenters. The van der Waals surface area contributed by atoms with Crippen LogP contribution in [0, 0.1) is 0 Å². The zero-order valence-electron chi connectivity index (χ0n) is 9.79. The summed E-state index contributed by atoms with van der Waals surface area (Å²) in [5.41, 5.74) is 2.45. The van der Waals surface area contributed by atoms with E-state index in [9.17, 15) is 0 Å². The predicted molar refractivity (Wildman–Crippen MR) is 72.3 cm³/mol. The van der Waals surface area contributed by atoms with E-state index in [2.05, 4.69) is 55.5 Å². The topological polar surface area (TPSA) is 15.3 Å². The van der Waals surface area contributed by atoms with Crippen molar-refractivity contribution in [1.29, 1.82) is 0 Å². The first-order valence-corrected chi connectivity index (χ1v) is 6.48. The average molecular weight is 224 g/mol. The number of nitrogens with zero attached hydrogens (tertiary/aromatic N) is 1. The molecule has 0 aliphatic rings. The van der Waals surface area contributed by atoms with Crippen LogP contribution in [0.4, 0.5) is 11.4 Å². The molecule has 0 radical (unpaired) electrons. The third-order valence-corrected chi connectivity index (χ3v) is 3.04. The van der Waals surface area contributed by atoms with E-state index in [-0.39, 0.29) is 0 Å². The fraction of sp³-hybridized carbons (Fsp3) is 0.500. The van der Waals surface area contributed by atoms with Crippen LogP contribution in [-0.4, -0.2) is 32.1 Å². The van der Waals surface area contributed by atoms with Gasteiger partial charge in [0.2, 0.25) is 0 Å². The van der Waals surface area contributed by atoms with Crippen LogP contribution < -0.4 is 10.2 Å². The number of benzene rings is 1. The first-order chi connectivity index (χ1) is 7.24. The Morgan fingerprint density at radius 3 is 2.80 bits per heavy atom. The highest BCUT2D eigenvalue weighted by Gasteiger charge is 1.96. The molecule has 0 aromatic heterocycles. The van der Waals surface area contributed by atoms with Gasteiger partial charge in [-0.15, -0.1) is 0 Å². The summed E-state index contributed by atoms with van der Waals surface area (Å²) < 4.78 is 0. The molecule has 1 aromatic rings. The molecular formula is C12H20N2S. The predicted octanol–water partition coefficient (Wildman–Crippen LogP) is 2.92. The lowest BCUT2D eigenvalue weighted by Gasteiger charge is -2.14. The maximum atomic E-state index is 3.43. The van der Waals surface area contributed by atoms with Crippen LogP contribution in [0.3, 0.4) is 0 Å². The van der Waals surface area contributed by atoms with Gasteiger partial charge in [0.15, 0.2) is 0 Å². The number of hydrogen-bond acceptors (Lipinski definition) is 3. The van der Waals surface area contributed by atoms with E-state index in [1.807, 2.05) is 11.8 Å². The van der Waals surface area contributed by atoms with Gasteiger partial charge >= 0.3 is 0 Å². The SMILES string of the molecule is CCSCCNc1cccc(N(C)C)c1. The Labute approximate surface area is 97.1 Å². The lowest BCUT2D eigenvalue weighted by molar-refractivity contribution is 1.13. The second-order valence-corrected chi connectivity index (χ2v) is 4.96. The summed E-state index contributed by atoms with van der Waals surface area (Å²) in [6, 6.07) is 8.50. The molecule has 2 nitrogen and oxygen atoms in total. The fourth-order valence-corrected chi connectivity index (χ4v) is 1.84. The highest BCUT2D eigenvalue weighted by Crippen LogP contribution is 2.17. The summed E-state index contributed by atoms with van der Waals surface area (Å²) in [5.74, 6) is 2.36. The van der Waals surface area contributed by atoms with Crippen molar-refractivity contribution in [2.45, 2.75) is 6.92 Å². The Kier molecular flexibility index (Phi) is 5.40. The monoisotopic (exact) mass is 224 g/mol.